The van der Waals surface area contributed by atoms with Crippen LogP contribution in [0.15, 0.2) is 11.2 Å². The van der Waals surface area contributed by atoms with Crippen LogP contribution in [0.4, 0.5) is 11.6 Å². The average molecular weight is 224 g/mol. The molecule has 5 heteroatoms. The minimum Gasteiger partial charge on any atom is -0.373 e. The van der Waals surface area contributed by atoms with Crippen molar-refractivity contribution in [2.24, 2.45) is 0 Å². The Morgan fingerprint density at radius 2 is 2.07 bits per heavy atom. The quantitative estimate of drug-likeness (QED) is 0.606. The lowest BCUT2D eigenvalue weighted by Gasteiger charge is -2.27. The Balaban J connectivity index is 2.13. The molecule has 0 atom stereocenters. The first kappa shape index (κ1) is 10.5. The van der Waals surface area contributed by atoms with Crippen LogP contribution in [0, 0.1) is 0 Å². The minimum absolute atomic E-state index is 0.610. The summed E-state index contributed by atoms with van der Waals surface area (Å²) >= 11 is 1.56. The van der Waals surface area contributed by atoms with E-state index < -0.39 is 0 Å². The summed E-state index contributed by atoms with van der Waals surface area (Å²) in [5.41, 5.74) is 0. The third-order valence-electron chi connectivity index (χ3n) is 2.60. The zero-order valence-electron chi connectivity index (χ0n) is 9.08. The molecule has 15 heavy (non-hydrogen) atoms. The molecule has 1 saturated carbocycles. The van der Waals surface area contributed by atoms with E-state index in [2.05, 4.69) is 20.6 Å². The number of rotatable bonds is 4. The number of anilines is 2. The second-order valence-electron chi connectivity index (χ2n) is 3.65. The van der Waals surface area contributed by atoms with Crippen molar-refractivity contribution in [2.45, 2.75) is 30.5 Å². The number of aromatic nitrogens is 2. The lowest BCUT2D eigenvalue weighted by atomic mass is 9.93. The summed E-state index contributed by atoms with van der Waals surface area (Å²) < 4.78 is 0. The van der Waals surface area contributed by atoms with Gasteiger partial charge in [-0.1, -0.05) is 11.8 Å². The number of hydrogen-bond acceptors (Lipinski definition) is 5. The molecule has 2 N–H and O–H groups in total. The second kappa shape index (κ2) is 4.70. The van der Waals surface area contributed by atoms with Gasteiger partial charge in [0.15, 0.2) is 5.16 Å². The van der Waals surface area contributed by atoms with Crippen molar-refractivity contribution in [3.8, 4) is 0 Å². The fourth-order valence-corrected chi connectivity index (χ4v) is 1.86. The zero-order valence-corrected chi connectivity index (χ0v) is 9.90. The predicted octanol–water partition coefficient (Wildman–Crippen LogP) is 2.20. The normalized spacial score (nSPS) is 15.9. The summed E-state index contributed by atoms with van der Waals surface area (Å²) in [6.07, 6.45) is 5.83. The molecule has 82 valence electrons. The minimum atomic E-state index is 0.610. The molecular weight excluding hydrogens is 208 g/mol. The van der Waals surface area contributed by atoms with Crippen LogP contribution in [0.25, 0.3) is 0 Å². The van der Waals surface area contributed by atoms with Crippen LogP contribution < -0.4 is 10.6 Å². The van der Waals surface area contributed by atoms with Gasteiger partial charge in [0.05, 0.1) is 0 Å². The third kappa shape index (κ3) is 2.53. The summed E-state index contributed by atoms with van der Waals surface area (Å²) in [6.45, 7) is 0. The lowest BCUT2D eigenvalue weighted by molar-refractivity contribution is 0.444. The highest BCUT2D eigenvalue weighted by atomic mass is 32.2. The van der Waals surface area contributed by atoms with E-state index in [-0.39, 0.29) is 0 Å². The van der Waals surface area contributed by atoms with Crippen LogP contribution in [0.3, 0.4) is 0 Å². The van der Waals surface area contributed by atoms with Crippen LogP contribution in [0.1, 0.15) is 19.3 Å². The molecule has 1 aliphatic rings. The third-order valence-corrected chi connectivity index (χ3v) is 3.15. The molecule has 1 aromatic rings. The largest absolute Gasteiger partial charge is 0.373 e. The van der Waals surface area contributed by atoms with Gasteiger partial charge >= 0.3 is 0 Å². The van der Waals surface area contributed by atoms with E-state index in [1.807, 2.05) is 19.4 Å². The van der Waals surface area contributed by atoms with Crippen molar-refractivity contribution in [1.29, 1.82) is 0 Å². The van der Waals surface area contributed by atoms with E-state index in [0.29, 0.717) is 6.04 Å². The molecule has 4 nitrogen and oxygen atoms in total. The Bertz CT molecular complexity index is 316. The van der Waals surface area contributed by atoms with Crippen molar-refractivity contribution in [2.75, 3.05) is 23.9 Å². The van der Waals surface area contributed by atoms with Gasteiger partial charge in [0.1, 0.15) is 11.6 Å². The first-order valence-electron chi connectivity index (χ1n) is 5.19. The lowest BCUT2D eigenvalue weighted by Crippen LogP contribution is -2.27. The summed E-state index contributed by atoms with van der Waals surface area (Å²) in [6, 6.07) is 2.57. The Morgan fingerprint density at radius 1 is 1.33 bits per heavy atom. The molecule has 0 aromatic carbocycles. The second-order valence-corrected chi connectivity index (χ2v) is 4.42. The first-order valence-corrected chi connectivity index (χ1v) is 6.41. The van der Waals surface area contributed by atoms with E-state index in [0.717, 1.165) is 16.8 Å². The van der Waals surface area contributed by atoms with Gasteiger partial charge in [-0.25, -0.2) is 9.97 Å². The number of nitrogens with zero attached hydrogens (tertiary/aromatic N) is 2. The van der Waals surface area contributed by atoms with Gasteiger partial charge in [-0.15, -0.1) is 0 Å². The zero-order chi connectivity index (χ0) is 10.7. The van der Waals surface area contributed by atoms with Crippen molar-refractivity contribution in [3.63, 3.8) is 0 Å². The molecule has 0 unspecified atom stereocenters. The van der Waals surface area contributed by atoms with Crippen LogP contribution >= 0.6 is 11.8 Å². The van der Waals surface area contributed by atoms with Gasteiger partial charge in [0.2, 0.25) is 0 Å². The van der Waals surface area contributed by atoms with Crippen LogP contribution in [-0.2, 0) is 0 Å². The van der Waals surface area contributed by atoms with Crippen molar-refractivity contribution < 1.29 is 0 Å². The van der Waals surface area contributed by atoms with E-state index in [1.54, 1.807) is 11.8 Å². The fraction of sp³-hybridized carbons (Fsp3) is 0.600. The first-order chi connectivity index (χ1) is 7.31. The Morgan fingerprint density at radius 3 is 2.60 bits per heavy atom. The Kier molecular flexibility index (Phi) is 3.30. The SMILES string of the molecule is CNc1cc(NC2CCC2)nc(SC)n1. The summed E-state index contributed by atoms with van der Waals surface area (Å²) in [5, 5.41) is 7.28. The predicted molar refractivity (Wildman–Crippen MR) is 64.6 cm³/mol. The number of hydrogen-bond donors (Lipinski definition) is 2. The van der Waals surface area contributed by atoms with Gasteiger partial charge in [-0.2, -0.15) is 0 Å². The molecule has 1 aliphatic carbocycles. The van der Waals surface area contributed by atoms with E-state index in [1.165, 1.54) is 19.3 Å². The maximum atomic E-state index is 4.42. The van der Waals surface area contributed by atoms with Crippen LogP contribution in [0.5, 0.6) is 0 Å². The summed E-state index contributed by atoms with van der Waals surface area (Å²) in [7, 11) is 1.87. The Labute approximate surface area is 94.3 Å². The highest BCUT2D eigenvalue weighted by molar-refractivity contribution is 7.98. The number of nitrogens with one attached hydrogen (secondary N) is 2. The van der Waals surface area contributed by atoms with Crippen LogP contribution in [0.2, 0.25) is 0 Å². The van der Waals surface area contributed by atoms with E-state index >= 15 is 0 Å². The summed E-state index contributed by atoms with van der Waals surface area (Å²) in [5.74, 6) is 1.81. The topological polar surface area (TPSA) is 49.8 Å². The molecule has 0 bridgehead atoms. The smallest absolute Gasteiger partial charge is 0.191 e. The van der Waals surface area contributed by atoms with Crippen molar-refractivity contribution in [1.82, 2.24) is 9.97 Å². The monoisotopic (exact) mass is 224 g/mol. The van der Waals surface area contributed by atoms with Gasteiger partial charge in [-0.3, -0.25) is 0 Å². The molecule has 0 radical (unpaired) electrons. The molecule has 0 amide bonds. The highest BCUT2D eigenvalue weighted by Gasteiger charge is 2.17. The van der Waals surface area contributed by atoms with Gasteiger partial charge in [0, 0.05) is 19.2 Å². The maximum Gasteiger partial charge on any atom is 0.191 e. The van der Waals surface area contributed by atoms with Gasteiger partial charge in [-0.05, 0) is 25.5 Å². The maximum absolute atomic E-state index is 4.42. The molecule has 0 saturated heterocycles. The van der Waals surface area contributed by atoms with Crippen molar-refractivity contribution in [3.05, 3.63) is 6.07 Å². The van der Waals surface area contributed by atoms with E-state index in [9.17, 15) is 0 Å². The van der Waals surface area contributed by atoms with Crippen LogP contribution in [-0.4, -0.2) is 29.3 Å². The average Bonchev–Trinajstić information content (AvgIpc) is 2.23. The fourth-order valence-electron chi connectivity index (χ4n) is 1.48. The summed E-state index contributed by atoms with van der Waals surface area (Å²) in [4.78, 5) is 8.74. The van der Waals surface area contributed by atoms with Gasteiger partial charge in [0.25, 0.3) is 0 Å². The molecular formula is C10H16N4S. The van der Waals surface area contributed by atoms with Gasteiger partial charge < -0.3 is 10.6 Å². The molecule has 0 spiro atoms. The Hall–Kier alpha value is -0.970. The highest BCUT2D eigenvalue weighted by Crippen LogP contribution is 2.24. The molecule has 1 fully saturated rings. The molecule has 2 rings (SSSR count). The van der Waals surface area contributed by atoms with E-state index in [4.69, 9.17) is 0 Å². The standard InChI is InChI=1S/C10H16N4S/c1-11-8-6-9(12-7-4-3-5-7)14-10(13-8)15-2/h6-7H,3-5H2,1-2H3,(H2,11,12,13,14). The number of thioether (sulfide) groups is 1. The van der Waals surface area contributed by atoms with Crippen molar-refractivity contribution >= 4 is 23.4 Å². The molecule has 1 heterocycles. The molecule has 0 aliphatic heterocycles. The molecule has 1 aromatic heterocycles.